The minimum absolute atomic E-state index is 0.0190. The van der Waals surface area contributed by atoms with Crippen LogP contribution in [-0.2, 0) is 11.2 Å². The molecule has 2 rings (SSSR count). The highest BCUT2D eigenvalue weighted by Crippen LogP contribution is 2.17. The molecule has 0 N–H and O–H groups in total. The van der Waals surface area contributed by atoms with Crippen LogP contribution in [0.5, 0.6) is 0 Å². The summed E-state index contributed by atoms with van der Waals surface area (Å²) in [6.07, 6.45) is 0.354. The minimum atomic E-state index is -0.810. The smallest absolute Gasteiger partial charge is 0.433 e. The van der Waals surface area contributed by atoms with E-state index in [0.29, 0.717) is 6.42 Å². The summed E-state index contributed by atoms with van der Waals surface area (Å²) in [5.41, 5.74) is 0.729. The van der Waals surface area contributed by atoms with Crippen LogP contribution >= 0.6 is 0 Å². The van der Waals surface area contributed by atoms with Gasteiger partial charge in [0.2, 0.25) is 5.76 Å². The van der Waals surface area contributed by atoms with Crippen molar-refractivity contribution >= 4 is 17.5 Å². The van der Waals surface area contributed by atoms with Gasteiger partial charge in [0.05, 0.1) is 17.6 Å². The first kappa shape index (κ1) is 15.2. The van der Waals surface area contributed by atoms with E-state index in [1.54, 1.807) is 12.1 Å². The maximum Gasteiger partial charge on any atom is 0.433 e. The Bertz CT molecular complexity index is 705. The average molecular weight is 306 g/mol. The molecule has 0 amide bonds. The number of esters is 1. The Hall–Kier alpha value is -3.23. The third-order valence-electron chi connectivity index (χ3n) is 2.74. The van der Waals surface area contributed by atoms with Crippen molar-refractivity contribution in [2.24, 2.45) is 0 Å². The van der Waals surface area contributed by atoms with Crippen molar-refractivity contribution in [3.05, 3.63) is 68.0 Å². The predicted molar refractivity (Wildman–Crippen MR) is 72.4 cm³/mol. The molecule has 0 fully saturated rings. The molecule has 1 aromatic carbocycles. The second-order valence-electron chi connectivity index (χ2n) is 4.20. The summed E-state index contributed by atoms with van der Waals surface area (Å²) in [6.45, 7) is 0.0190. The van der Waals surface area contributed by atoms with Crippen LogP contribution in [0.1, 0.15) is 16.1 Å². The fourth-order valence-electron chi connectivity index (χ4n) is 1.65. The molecule has 0 saturated carbocycles. The molecule has 0 saturated heterocycles. The molecule has 0 bridgehead atoms. The zero-order valence-electron chi connectivity index (χ0n) is 11.1. The van der Waals surface area contributed by atoms with E-state index in [2.05, 4.69) is 0 Å². The van der Waals surface area contributed by atoms with E-state index in [4.69, 9.17) is 9.15 Å². The molecule has 0 unspecified atom stereocenters. The van der Waals surface area contributed by atoms with E-state index < -0.39 is 21.7 Å². The van der Waals surface area contributed by atoms with Crippen LogP contribution in [0.4, 0.5) is 11.6 Å². The molecule has 0 aliphatic rings. The first-order chi connectivity index (χ1) is 10.5. The molecule has 1 aromatic heterocycles. The van der Waals surface area contributed by atoms with Crippen LogP contribution in [0, 0.1) is 20.2 Å². The zero-order valence-corrected chi connectivity index (χ0v) is 11.1. The van der Waals surface area contributed by atoms with Crippen molar-refractivity contribution in [2.75, 3.05) is 6.61 Å². The lowest BCUT2D eigenvalue weighted by molar-refractivity contribution is -0.402. The number of furan rings is 1. The van der Waals surface area contributed by atoms with Crippen LogP contribution in [0.15, 0.2) is 40.8 Å². The first-order valence-corrected chi connectivity index (χ1v) is 6.12. The number of hydrogen-bond donors (Lipinski definition) is 0. The fraction of sp³-hybridized carbons (Fsp3) is 0.154. The fourth-order valence-corrected chi connectivity index (χ4v) is 1.65. The summed E-state index contributed by atoms with van der Waals surface area (Å²) in [4.78, 5) is 31.2. The Morgan fingerprint density at radius 1 is 1.05 bits per heavy atom. The molecular weight excluding hydrogens is 296 g/mol. The molecular formula is C13H10N2O7. The number of carbonyl (C=O) groups is 1. The maximum atomic E-state index is 11.6. The number of non-ortho nitro benzene ring substituents is 1. The van der Waals surface area contributed by atoms with Gasteiger partial charge in [0, 0.05) is 18.6 Å². The van der Waals surface area contributed by atoms with E-state index in [1.807, 2.05) is 0 Å². The van der Waals surface area contributed by atoms with Crippen LogP contribution in [0.3, 0.4) is 0 Å². The molecule has 0 radical (unpaired) electrons. The Labute approximate surface area is 123 Å². The topological polar surface area (TPSA) is 126 Å². The second-order valence-corrected chi connectivity index (χ2v) is 4.20. The number of nitrogens with zero attached hydrogens (tertiary/aromatic N) is 2. The van der Waals surface area contributed by atoms with E-state index in [1.165, 1.54) is 12.1 Å². The van der Waals surface area contributed by atoms with Gasteiger partial charge >= 0.3 is 11.9 Å². The van der Waals surface area contributed by atoms with Gasteiger partial charge in [-0.25, -0.2) is 4.79 Å². The van der Waals surface area contributed by atoms with Gasteiger partial charge in [0.25, 0.3) is 5.69 Å². The van der Waals surface area contributed by atoms with Crippen LogP contribution < -0.4 is 0 Å². The van der Waals surface area contributed by atoms with Crippen LogP contribution in [0.25, 0.3) is 0 Å². The van der Waals surface area contributed by atoms with Crippen LogP contribution in [0.2, 0.25) is 0 Å². The van der Waals surface area contributed by atoms with Gasteiger partial charge in [-0.1, -0.05) is 12.1 Å². The molecule has 22 heavy (non-hydrogen) atoms. The van der Waals surface area contributed by atoms with Crippen molar-refractivity contribution in [1.29, 1.82) is 0 Å². The molecule has 9 heteroatoms. The zero-order chi connectivity index (χ0) is 16.1. The summed E-state index contributed by atoms with van der Waals surface area (Å²) in [5, 5.41) is 20.9. The van der Waals surface area contributed by atoms with Gasteiger partial charge in [-0.2, -0.15) is 0 Å². The number of benzene rings is 1. The van der Waals surface area contributed by atoms with Gasteiger partial charge in [-0.15, -0.1) is 0 Å². The van der Waals surface area contributed by atoms with Crippen molar-refractivity contribution < 1.29 is 23.8 Å². The van der Waals surface area contributed by atoms with Gasteiger partial charge in [0.15, 0.2) is 0 Å². The van der Waals surface area contributed by atoms with Gasteiger partial charge in [-0.05, 0) is 11.6 Å². The summed E-state index contributed by atoms with van der Waals surface area (Å²) >= 11 is 0. The molecule has 2 aromatic rings. The molecule has 0 spiro atoms. The van der Waals surface area contributed by atoms with Crippen molar-refractivity contribution in [3.8, 4) is 0 Å². The summed E-state index contributed by atoms with van der Waals surface area (Å²) in [5.74, 6) is -1.60. The molecule has 0 aliphatic carbocycles. The third kappa shape index (κ3) is 3.66. The average Bonchev–Trinajstić information content (AvgIpc) is 2.98. The number of hydrogen-bond acceptors (Lipinski definition) is 7. The highest BCUT2D eigenvalue weighted by molar-refractivity contribution is 5.86. The SMILES string of the molecule is O=C(OCCc1ccc([N+](=O)[O-])cc1)c1ccc([N+](=O)[O-])o1. The molecule has 9 nitrogen and oxygen atoms in total. The minimum Gasteiger partial charge on any atom is -0.459 e. The van der Waals surface area contributed by atoms with E-state index in [0.717, 1.165) is 17.7 Å². The van der Waals surface area contributed by atoms with Crippen molar-refractivity contribution in [3.63, 3.8) is 0 Å². The predicted octanol–water partition coefficient (Wildman–Crippen LogP) is 2.50. The molecule has 1 heterocycles. The number of ether oxygens (including phenoxy) is 1. The van der Waals surface area contributed by atoms with E-state index in [9.17, 15) is 25.0 Å². The largest absolute Gasteiger partial charge is 0.459 e. The van der Waals surface area contributed by atoms with E-state index >= 15 is 0 Å². The molecule has 0 atom stereocenters. The highest BCUT2D eigenvalue weighted by atomic mass is 16.7. The Morgan fingerprint density at radius 2 is 1.73 bits per heavy atom. The van der Waals surface area contributed by atoms with Crippen molar-refractivity contribution in [1.82, 2.24) is 0 Å². The van der Waals surface area contributed by atoms with Gasteiger partial charge < -0.3 is 9.15 Å². The third-order valence-corrected chi connectivity index (χ3v) is 2.74. The Morgan fingerprint density at radius 3 is 2.27 bits per heavy atom. The number of nitro groups is 2. The lowest BCUT2D eigenvalue weighted by Crippen LogP contribution is -2.07. The Kier molecular flexibility index (Phi) is 4.47. The summed E-state index contributed by atoms with van der Waals surface area (Å²) in [7, 11) is 0. The van der Waals surface area contributed by atoms with Crippen molar-refractivity contribution in [2.45, 2.75) is 6.42 Å². The standard InChI is InChI=1S/C13H10N2O7/c16-13(11-5-6-12(22-11)15(19)20)21-8-7-9-1-3-10(4-2-9)14(17)18/h1-6H,7-8H2. The maximum absolute atomic E-state index is 11.6. The summed E-state index contributed by atoms with van der Waals surface area (Å²) < 4.78 is 9.62. The van der Waals surface area contributed by atoms with Gasteiger partial charge in [-0.3, -0.25) is 20.2 Å². The van der Waals surface area contributed by atoms with E-state index in [-0.39, 0.29) is 18.1 Å². The normalized spacial score (nSPS) is 10.2. The lowest BCUT2D eigenvalue weighted by Gasteiger charge is -2.03. The monoisotopic (exact) mass is 306 g/mol. The molecule has 114 valence electrons. The van der Waals surface area contributed by atoms with Gasteiger partial charge in [0.1, 0.15) is 4.92 Å². The van der Waals surface area contributed by atoms with Crippen LogP contribution in [-0.4, -0.2) is 22.4 Å². The molecule has 0 aliphatic heterocycles. The number of carbonyl (C=O) groups excluding carboxylic acids is 1. The number of rotatable bonds is 6. The summed E-state index contributed by atoms with van der Waals surface area (Å²) in [6, 6.07) is 8.05. The first-order valence-electron chi connectivity index (χ1n) is 6.12. The number of nitro benzene ring substituents is 1. The second kappa shape index (κ2) is 6.48. The lowest BCUT2D eigenvalue weighted by atomic mass is 10.1. The Balaban J connectivity index is 1.86. The highest BCUT2D eigenvalue weighted by Gasteiger charge is 2.18. The quantitative estimate of drug-likeness (QED) is 0.455.